The van der Waals surface area contributed by atoms with E-state index in [1.165, 1.54) is 25.3 Å². The molecule has 26 heavy (non-hydrogen) atoms. The maximum Gasteiger partial charge on any atom is 0.272 e. The van der Waals surface area contributed by atoms with Gasteiger partial charge in [0, 0.05) is 22.7 Å². The van der Waals surface area contributed by atoms with Gasteiger partial charge >= 0.3 is 0 Å². The number of anilines is 1. The first kappa shape index (κ1) is 19.5. The fourth-order valence-corrected chi connectivity index (χ4v) is 2.48. The number of halogens is 1. The zero-order valence-electron chi connectivity index (χ0n) is 14.8. The number of nitro benzene ring substituents is 1. The number of benzene rings is 2. The highest BCUT2D eigenvalue weighted by Gasteiger charge is 2.19. The molecule has 2 rings (SSSR count). The van der Waals surface area contributed by atoms with Crippen molar-refractivity contribution in [3.8, 4) is 11.5 Å². The molecule has 2 aromatic rings. The number of ether oxygens (including phenoxy) is 2. The van der Waals surface area contributed by atoms with Crippen LogP contribution < -0.4 is 14.8 Å². The van der Waals surface area contributed by atoms with Crippen molar-refractivity contribution in [2.75, 3.05) is 12.4 Å². The second-order valence-electron chi connectivity index (χ2n) is 5.76. The highest BCUT2D eigenvalue weighted by molar-refractivity contribution is 6.31. The van der Waals surface area contributed by atoms with E-state index in [-0.39, 0.29) is 11.6 Å². The summed E-state index contributed by atoms with van der Waals surface area (Å²) in [6, 6.07) is 7.66. The second-order valence-corrected chi connectivity index (χ2v) is 6.16. The number of nitrogens with zero attached hydrogens (tertiary/aromatic N) is 1. The Bertz CT molecular complexity index is 854. The van der Waals surface area contributed by atoms with Gasteiger partial charge in [0.1, 0.15) is 11.5 Å². The minimum atomic E-state index is -0.823. The van der Waals surface area contributed by atoms with Gasteiger partial charge < -0.3 is 14.8 Å². The van der Waals surface area contributed by atoms with Crippen molar-refractivity contribution < 1.29 is 19.2 Å². The summed E-state index contributed by atoms with van der Waals surface area (Å²) in [5.41, 5.74) is 1.72. The second kappa shape index (κ2) is 8.05. The number of rotatable bonds is 6. The summed E-state index contributed by atoms with van der Waals surface area (Å²) >= 11 is 6.06. The van der Waals surface area contributed by atoms with Crippen LogP contribution in [0.2, 0.25) is 5.02 Å². The van der Waals surface area contributed by atoms with E-state index in [4.69, 9.17) is 21.1 Å². The Morgan fingerprint density at radius 1 is 1.23 bits per heavy atom. The lowest BCUT2D eigenvalue weighted by Gasteiger charge is -2.17. The fourth-order valence-electron chi connectivity index (χ4n) is 2.33. The van der Waals surface area contributed by atoms with Gasteiger partial charge in [-0.3, -0.25) is 14.9 Å². The zero-order valence-corrected chi connectivity index (χ0v) is 15.6. The molecule has 0 saturated heterocycles. The third-order valence-corrected chi connectivity index (χ3v) is 4.19. The van der Waals surface area contributed by atoms with Crippen molar-refractivity contribution in [2.24, 2.45) is 0 Å². The Labute approximate surface area is 156 Å². The molecule has 1 amide bonds. The van der Waals surface area contributed by atoms with Crippen LogP contribution in [0.5, 0.6) is 11.5 Å². The molecule has 0 unspecified atom stereocenters. The van der Waals surface area contributed by atoms with Gasteiger partial charge in [0.05, 0.1) is 17.7 Å². The van der Waals surface area contributed by atoms with Crippen molar-refractivity contribution in [1.82, 2.24) is 0 Å². The molecule has 1 N–H and O–H groups in total. The Balaban J connectivity index is 2.12. The molecular weight excluding hydrogens is 360 g/mol. The predicted molar refractivity (Wildman–Crippen MR) is 99.3 cm³/mol. The van der Waals surface area contributed by atoms with Crippen molar-refractivity contribution >= 4 is 28.9 Å². The van der Waals surface area contributed by atoms with Crippen LogP contribution in [0.1, 0.15) is 18.1 Å². The molecule has 0 bridgehead atoms. The predicted octanol–water partition coefficient (Wildman–Crippen LogP) is 4.28. The highest BCUT2D eigenvalue weighted by atomic mass is 35.5. The monoisotopic (exact) mass is 378 g/mol. The maximum atomic E-state index is 12.4. The number of hydrogen-bond acceptors (Lipinski definition) is 5. The summed E-state index contributed by atoms with van der Waals surface area (Å²) in [6.45, 7) is 5.01. The molecule has 138 valence electrons. The SMILES string of the molecule is COc1cc(Cl)c(C)cc1NC(=O)[C@@H](C)Oc1ccc([N+](=O)[O-])c(C)c1. The van der Waals surface area contributed by atoms with Crippen molar-refractivity contribution in [3.63, 3.8) is 0 Å². The van der Waals surface area contributed by atoms with Gasteiger partial charge in [0.15, 0.2) is 6.10 Å². The Kier molecular flexibility index (Phi) is 6.05. The molecule has 0 aliphatic heterocycles. The number of nitro groups is 1. The Morgan fingerprint density at radius 2 is 1.92 bits per heavy atom. The van der Waals surface area contributed by atoms with E-state index < -0.39 is 11.0 Å². The van der Waals surface area contributed by atoms with Gasteiger partial charge in [0.25, 0.3) is 11.6 Å². The third kappa shape index (κ3) is 4.43. The molecule has 0 aliphatic carbocycles. The van der Waals surface area contributed by atoms with Gasteiger partial charge in [-0.25, -0.2) is 0 Å². The number of nitrogens with one attached hydrogen (secondary N) is 1. The molecule has 0 saturated carbocycles. The molecule has 0 aromatic heterocycles. The Hall–Kier alpha value is -2.80. The molecule has 8 heteroatoms. The molecule has 0 fully saturated rings. The molecule has 0 radical (unpaired) electrons. The average molecular weight is 379 g/mol. The van der Waals surface area contributed by atoms with Crippen LogP contribution in [0.3, 0.4) is 0 Å². The van der Waals surface area contributed by atoms with Crippen LogP contribution in [-0.2, 0) is 4.79 Å². The van der Waals surface area contributed by atoms with Crippen LogP contribution in [0, 0.1) is 24.0 Å². The lowest BCUT2D eigenvalue weighted by molar-refractivity contribution is -0.385. The summed E-state index contributed by atoms with van der Waals surface area (Å²) in [5, 5.41) is 14.1. The number of carbonyl (C=O) groups is 1. The number of amides is 1. The summed E-state index contributed by atoms with van der Waals surface area (Å²) in [5.74, 6) is 0.420. The third-order valence-electron chi connectivity index (χ3n) is 3.79. The average Bonchev–Trinajstić information content (AvgIpc) is 2.57. The van der Waals surface area contributed by atoms with E-state index in [1.807, 2.05) is 6.92 Å². The van der Waals surface area contributed by atoms with Crippen LogP contribution in [-0.4, -0.2) is 24.0 Å². The smallest absolute Gasteiger partial charge is 0.272 e. The number of aryl methyl sites for hydroxylation is 2. The van der Waals surface area contributed by atoms with E-state index in [1.54, 1.807) is 26.0 Å². The minimum absolute atomic E-state index is 0.00386. The summed E-state index contributed by atoms with van der Waals surface area (Å²) in [6.07, 6.45) is -0.823. The van der Waals surface area contributed by atoms with Gasteiger partial charge in [-0.1, -0.05) is 11.6 Å². The minimum Gasteiger partial charge on any atom is -0.495 e. The highest BCUT2D eigenvalue weighted by Crippen LogP contribution is 2.31. The first-order chi connectivity index (χ1) is 12.2. The number of methoxy groups -OCH3 is 1. The zero-order chi connectivity index (χ0) is 19.4. The normalized spacial score (nSPS) is 11.6. The Morgan fingerprint density at radius 3 is 2.50 bits per heavy atom. The first-order valence-corrected chi connectivity index (χ1v) is 8.17. The van der Waals surface area contributed by atoms with Crippen LogP contribution in [0.25, 0.3) is 0 Å². The van der Waals surface area contributed by atoms with Crippen molar-refractivity contribution in [3.05, 3.63) is 56.6 Å². The summed E-state index contributed by atoms with van der Waals surface area (Å²) < 4.78 is 10.8. The van der Waals surface area contributed by atoms with Gasteiger partial charge in [-0.15, -0.1) is 0 Å². The topological polar surface area (TPSA) is 90.7 Å². The maximum absolute atomic E-state index is 12.4. The molecule has 0 spiro atoms. The molecule has 1 atom stereocenters. The van der Waals surface area contributed by atoms with Crippen molar-refractivity contribution in [2.45, 2.75) is 26.9 Å². The standard InChI is InChI=1S/C18H19ClN2O5/c1-10-8-15(17(25-4)9-14(10)19)20-18(22)12(3)26-13-5-6-16(21(23)24)11(2)7-13/h5-9,12H,1-4H3,(H,20,22)/t12-/m1/s1. The summed E-state index contributed by atoms with van der Waals surface area (Å²) in [7, 11) is 1.48. The van der Waals surface area contributed by atoms with Crippen LogP contribution >= 0.6 is 11.6 Å². The van der Waals surface area contributed by atoms with E-state index in [0.29, 0.717) is 27.8 Å². The lowest BCUT2D eigenvalue weighted by Crippen LogP contribution is -2.30. The fraction of sp³-hybridized carbons (Fsp3) is 0.278. The van der Waals surface area contributed by atoms with E-state index in [9.17, 15) is 14.9 Å². The lowest BCUT2D eigenvalue weighted by atomic mass is 10.2. The first-order valence-electron chi connectivity index (χ1n) is 7.79. The summed E-state index contributed by atoms with van der Waals surface area (Å²) in [4.78, 5) is 22.8. The van der Waals surface area contributed by atoms with E-state index in [2.05, 4.69) is 5.32 Å². The number of hydrogen-bond donors (Lipinski definition) is 1. The molecule has 0 heterocycles. The van der Waals surface area contributed by atoms with Gasteiger partial charge in [0.2, 0.25) is 0 Å². The van der Waals surface area contributed by atoms with Crippen LogP contribution in [0.4, 0.5) is 11.4 Å². The van der Waals surface area contributed by atoms with Gasteiger partial charge in [-0.2, -0.15) is 0 Å². The van der Waals surface area contributed by atoms with Gasteiger partial charge in [-0.05, 0) is 44.5 Å². The molecular formula is C18H19ClN2O5. The molecule has 2 aromatic carbocycles. The number of carbonyl (C=O) groups excluding carboxylic acids is 1. The van der Waals surface area contributed by atoms with Crippen LogP contribution in [0.15, 0.2) is 30.3 Å². The molecule has 0 aliphatic rings. The van der Waals surface area contributed by atoms with Crippen molar-refractivity contribution in [1.29, 1.82) is 0 Å². The molecule has 7 nitrogen and oxygen atoms in total. The van der Waals surface area contributed by atoms with E-state index >= 15 is 0 Å². The van der Waals surface area contributed by atoms with E-state index in [0.717, 1.165) is 5.56 Å². The quantitative estimate of drug-likeness (QED) is 0.598. The largest absolute Gasteiger partial charge is 0.495 e.